The molecule has 0 bridgehead atoms. The Bertz CT molecular complexity index is 533. The maximum atomic E-state index is 12.5. The number of rotatable bonds is 2. The molecule has 1 aliphatic heterocycles. The van der Waals surface area contributed by atoms with E-state index in [-0.39, 0.29) is 0 Å². The molecule has 19 heavy (non-hydrogen) atoms. The van der Waals surface area contributed by atoms with Gasteiger partial charge in [0, 0.05) is 12.8 Å². The average molecular weight is 276 g/mol. The molecule has 1 aromatic heterocycles. The number of pyridine rings is 1. The third-order valence-electron chi connectivity index (χ3n) is 2.71. The number of hydrogen-bond acceptors (Lipinski definition) is 3. The van der Waals surface area contributed by atoms with Crippen LogP contribution in [0.5, 0.6) is 0 Å². The van der Waals surface area contributed by atoms with Gasteiger partial charge in [0.15, 0.2) is 0 Å². The lowest BCUT2D eigenvalue weighted by molar-refractivity contribution is -0.137. The molecule has 0 aromatic carbocycles. The van der Waals surface area contributed by atoms with Crippen LogP contribution in [-0.4, -0.2) is 23.6 Å². The minimum Gasteiger partial charge on any atom is -0.368 e. The van der Waals surface area contributed by atoms with Gasteiger partial charge in [0.25, 0.3) is 11.5 Å². The molecular weight excluding hydrogens is 265 g/mol. The molecular formula is C11H11F3N2O3. The van der Waals surface area contributed by atoms with Crippen LogP contribution in [-0.2, 0) is 15.7 Å². The van der Waals surface area contributed by atoms with Crippen molar-refractivity contribution in [2.45, 2.75) is 25.1 Å². The Balaban J connectivity index is 2.19. The number of hydrogen-bond donors (Lipinski definition) is 2. The fourth-order valence-corrected chi connectivity index (χ4v) is 1.74. The number of aromatic nitrogens is 1. The molecule has 1 atom stereocenters. The zero-order chi connectivity index (χ0) is 14.0. The number of nitrogens with one attached hydrogen (secondary N) is 2. The zero-order valence-corrected chi connectivity index (χ0v) is 9.71. The van der Waals surface area contributed by atoms with E-state index in [4.69, 9.17) is 4.74 Å². The molecule has 1 aromatic rings. The van der Waals surface area contributed by atoms with Crippen molar-refractivity contribution in [3.63, 3.8) is 0 Å². The summed E-state index contributed by atoms with van der Waals surface area (Å²) in [4.78, 5) is 25.0. The van der Waals surface area contributed by atoms with Crippen LogP contribution in [0.3, 0.4) is 0 Å². The van der Waals surface area contributed by atoms with Gasteiger partial charge in [0.2, 0.25) is 0 Å². The van der Waals surface area contributed by atoms with Crippen molar-refractivity contribution in [3.8, 4) is 0 Å². The molecule has 2 heterocycles. The molecule has 1 fully saturated rings. The number of alkyl halides is 3. The SMILES string of the molecule is O=C(Nc1cc(C(F)(F)F)c[nH]c1=O)[C@@H]1CCCO1. The Labute approximate surface area is 105 Å². The second-order valence-corrected chi connectivity index (χ2v) is 4.12. The monoisotopic (exact) mass is 276 g/mol. The van der Waals surface area contributed by atoms with E-state index in [2.05, 4.69) is 5.32 Å². The Hall–Kier alpha value is -1.83. The number of aromatic amines is 1. The molecule has 8 heteroatoms. The Morgan fingerprint density at radius 3 is 2.79 bits per heavy atom. The predicted molar refractivity (Wildman–Crippen MR) is 59.7 cm³/mol. The third-order valence-corrected chi connectivity index (χ3v) is 2.71. The first-order chi connectivity index (χ1) is 8.88. The molecule has 1 amide bonds. The van der Waals surface area contributed by atoms with Crippen LogP contribution in [0.4, 0.5) is 18.9 Å². The van der Waals surface area contributed by atoms with Gasteiger partial charge in [0.1, 0.15) is 11.8 Å². The fourth-order valence-electron chi connectivity index (χ4n) is 1.74. The summed E-state index contributed by atoms with van der Waals surface area (Å²) in [5.74, 6) is -0.609. The Morgan fingerprint density at radius 1 is 1.47 bits per heavy atom. The molecule has 0 spiro atoms. The van der Waals surface area contributed by atoms with Crippen LogP contribution in [0.2, 0.25) is 0 Å². The number of halogens is 3. The van der Waals surface area contributed by atoms with Crippen molar-refractivity contribution in [2.24, 2.45) is 0 Å². The number of amides is 1. The van der Waals surface area contributed by atoms with Crippen molar-refractivity contribution in [1.82, 2.24) is 4.98 Å². The summed E-state index contributed by atoms with van der Waals surface area (Å²) in [6, 6.07) is 0.603. The van der Waals surface area contributed by atoms with Gasteiger partial charge in [-0.1, -0.05) is 0 Å². The lowest BCUT2D eigenvalue weighted by Crippen LogP contribution is -2.30. The summed E-state index contributed by atoms with van der Waals surface area (Å²) in [5.41, 5.74) is -2.26. The highest BCUT2D eigenvalue weighted by Crippen LogP contribution is 2.29. The molecule has 104 valence electrons. The topological polar surface area (TPSA) is 71.2 Å². The van der Waals surface area contributed by atoms with Crippen molar-refractivity contribution in [1.29, 1.82) is 0 Å². The van der Waals surface area contributed by atoms with E-state index < -0.39 is 35.0 Å². The fraction of sp³-hybridized carbons (Fsp3) is 0.455. The van der Waals surface area contributed by atoms with Gasteiger partial charge in [-0.25, -0.2) is 0 Å². The summed E-state index contributed by atoms with van der Waals surface area (Å²) < 4.78 is 42.5. The van der Waals surface area contributed by atoms with Gasteiger partial charge < -0.3 is 15.0 Å². The van der Waals surface area contributed by atoms with E-state index in [9.17, 15) is 22.8 Å². The molecule has 0 aliphatic carbocycles. The number of anilines is 1. The minimum atomic E-state index is -4.59. The molecule has 5 nitrogen and oxygen atoms in total. The summed E-state index contributed by atoms with van der Waals surface area (Å²) in [6.45, 7) is 0.428. The Kier molecular flexibility index (Phi) is 3.61. The summed E-state index contributed by atoms with van der Waals surface area (Å²) >= 11 is 0. The van der Waals surface area contributed by atoms with Crippen LogP contribution in [0.25, 0.3) is 0 Å². The first kappa shape index (κ1) is 13.6. The highest BCUT2D eigenvalue weighted by Gasteiger charge is 2.32. The second-order valence-electron chi connectivity index (χ2n) is 4.12. The van der Waals surface area contributed by atoms with Crippen molar-refractivity contribution >= 4 is 11.6 Å². The van der Waals surface area contributed by atoms with Crippen LogP contribution in [0.1, 0.15) is 18.4 Å². The molecule has 2 N–H and O–H groups in total. The highest BCUT2D eigenvalue weighted by atomic mass is 19.4. The standard InChI is InChI=1S/C11H11F3N2O3/c12-11(13,14)6-4-7(9(17)15-5-6)16-10(18)8-2-1-3-19-8/h4-5,8H,1-3H2,(H,15,17)(H,16,18)/t8-/m0/s1. The summed E-state index contributed by atoms with van der Waals surface area (Å²) in [7, 11) is 0. The van der Waals surface area contributed by atoms with E-state index in [0.717, 1.165) is 0 Å². The molecule has 0 saturated carbocycles. The van der Waals surface area contributed by atoms with Gasteiger partial charge in [-0.2, -0.15) is 13.2 Å². The summed E-state index contributed by atoms with van der Waals surface area (Å²) in [5, 5.41) is 2.16. The van der Waals surface area contributed by atoms with Crippen molar-refractivity contribution in [2.75, 3.05) is 11.9 Å². The van der Waals surface area contributed by atoms with Crippen molar-refractivity contribution in [3.05, 3.63) is 28.2 Å². The van der Waals surface area contributed by atoms with Crippen LogP contribution in [0, 0.1) is 0 Å². The van der Waals surface area contributed by atoms with E-state index in [1.165, 1.54) is 0 Å². The first-order valence-corrected chi connectivity index (χ1v) is 5.60. The molecule has 0 radical (unpaired) electrons. The summed E-state index contributed by atoms with van der Waals surface area (Å²) in [6.07, 6.45) is -3.55. The Morgan fingerprint density at radius 2 is 2.21 bits per heavy atom. The van der Waals surface area contributed by atoms with Gasteiger partial charge in [-0.15, -0.1) is 0 Å². The van der Waals surface area contributed by atoms with Crippen molar-refractivity contribution < 1.29 is 22.7 Å². The normalized spacial score (nSPS) is 19.4. The zero-order valence-electron chi connectivity index (χ0n) is 9.71. The van der Waals surface area contributed by atoms with E-state index >= 15 is 0 Å². The van der Waals surface area contributed by atoms with E-state index in [1.807, 2.05) is 4.98 Å². The van der Waals surface area contributed by atoms with Gasteiger partial charge in [-0.05, 0) is 18.9 Å². The maximum Gasteiger partial charge on any atom is 0.417 e. The lowest BCUT2D eigenvalue weighted by Gasteiger charge is -2.11. The molecule has 2 rings (SSSR count). The molecule has 1 saturated heterocycles. The second kappa shape index (κ2) is 5.04. The highest BCUT2D eigenvalue weighted by molar-refractivity contribution is 5.94. The average Bonchev–Trinajstić information content (AvgIpc) is 2.84. The third kappa shape index (κ3) is 3.14. The largest absolute Gasteiger partial charge is 0.417 e. The predicted octanol–water partition coefficient (Wildman–Crippen LogP) is 1.51. The quantitative estimate of drug-likeness (QED) is 0.860. The number of carbonyl (C=O) groups excluding carboxylic acids is 1. The minimum absolute atomic E-state index is 0.428. The van der Waals surface area contributed by atoms with Gasteiger partial charge in [0.05, 0.1) is 5.56 Å². The maximum absolute atomic E-state index is 12.5. The number of H-pyrrole nitrogens is 1. The van der Waals surface area contributed by atoms with Crippen LogP contribution < -0.4 is 10.9 Å². The van der Waals surface area contributed by atoms with E-state index in [0.29, 0.717) is 31.7 Å². The molecule has 1 aliphatic rings. The van der Waals surface area contributed by atoms with Crippen LogP contribution >= 0.6 is 0 Å². The van der Waals surface area contributed by atoms with E-state index in [1.54, 1.807) is 0 Å². The number of carbonyl (C=O) groups is 1. The first-order valence-electron chi connectivity index (χ1n) is 5.60. The smallest absolute Gasteiger partial charge is 0.368 e. The van der Waals surface area contributed by atoms with Gasteiger partial charge >= 0.3 is 6.18 Å². The lowest BCUT2D eigenvalue weighted by atomic mass is 10.2. The van der Waals surface area contributed by atoms with Crippen LogP contribution in [0.15, 0.2) is 17.1 Å². The van der Waals surface area contributed by atoms with Gasteiger partial charge in [-0.3, -0.25) is 9.59 Å². The molecule has 0 unspecified atom stereocenters. The number of ether oxygens (including phenoxy) is 1.